The van der Waals surface area contributed by atoms with Gasteiger partial charge < -0.3 is 24.6 Å². The molecular weight excluding hydrogens is 396 g/mol. The number of anilines is 1. The molecule has 0 bridgehead atoms. The molecular formula is C24H32N2O5. The Balaban J connectivity index is 1.99. The lowest BCUT2D eigenvalue weighted by atomic mass is 9.84. The van der Waals surface area contributed by atoms with E-state index >= 15 is 0 Å². The van der Waals surface area contributed by atoms with Gasteiger partial charge in [0.25, 0.3) is 0 Å². The van der Waals surface area contributed by atoms with Crippen molar-refractivity contribution < 1.29 is 23.9 Å². The minimum Gasteiger partial charge on any atom is -0.382 e. The largest absolute Gasteiger partial charge is 0.382 e. The number of H-pyrrole nitrogens is 1. The molecule has 7 nitrogen and oxygen atoms in total. The number of hydrogen-bond acceptors (Lipinski definition) is 6. The van der Waals surface area contributed by atoms with E-state index in [0.717, 1.165) is 46.8 Å². The smallest absolute Gasteiger partial charge is 0.189 e. The molecule has 2 N–H and O–H groups in total. The molecule has 1 aromatic carbocycles. The molecule has 1 heterocycles. The van der Waals surface area contributed by atoms with Gasteiger partial charge in [0, 0.05) is 35.7 Å². The number of benzene rings is 1. The van der Waals surface area contributed by atoms with E-state index in [4.69, 9.17) is 9.47 Å². The number of ketones is 2. The lowest BCUT2D eigenvalue weighted by Crippen LogP contribution is -2.22. The molecule has 1 aliphatic carbocycles. The fourth-order valence-corrected chi connectivity index (χ4v) is 4.19. The molecule has 1 atom stereocenters. The number of Topliss-reactive ketones (excluding diaryl/α,β-unsaturated/α-hetero) is 2. The highest BCUT2D eigenvalue weighted by molar-refractivity contribution is 6.12. The Bertz CT molecular complexity index is 976. The number of carbonyl (C=O) groups is 3. The van der Waals surface area contributed by atoms with Gasteiger partial charge in [-0.25, -0.2) is 0 Å². The predicted molar refractivity (Wildman–Crippen MR) is 120 cm³/mol. The van der Waals surface area contributed by atoms with Crippen LogP contribution in [-0.4, -0.2) is 56.3 Å². The van der Waals surface area contributed by atoms with Crippen LogP contribution in [0.1, 0.15) is 55.2 Å². The maximum Gasteiger partial charge on any atom is 0.189 e. The summed E-state index contributed by atoms with van der Waals surface area (Å²) in [5.74, 6) is -0.800. The minimum atomic E-state index is -0.706. The van der Waals surface area contributed by atoms with Crippen molar-refractivity contribution in [3.63, 3.8) is 0 Å². The first-order chi connectivity index (χ1) is 14.8. The molecule has 2 aromatic rings. The molecule has 1 aromatic heterocycles. The number of methoxy groups -OCH3 is 1. The van der Waals surface area contributed by atoms with Crippen LogP contribution in [0.15, 0.2) is 12.1 Å². The van der Waals surface area contributed by atoms with Gasteiger partial charge in [-0.15, -0.1) is 0 Å². The third-order valence-corrected chi connectivity index (χ3v) is 6.00. The molecule has 7 heteroatoms. The molecule has 0 spiro atoms. The SMILES string of the molecule is COCCOCCNc1cc2c3c([nH]c2cc1C(C)(C)C=O)C(=O)C(C(C)=O)CCC3. The van der Waals surface area contributed by atoms with Crippen molar-refractivity contribution in [3.8, 4) is 0 Å². The average Bonchev–Trinajstić information content (AvgIpc) is 3.01. The first-order valence-corrected chi connectivity index (χ1v) is 10.8. The highest BCUT2D eigenvalue weighted by atomic mass is 16.5. The predicted octanol–water partition coefficient (Wildman–Crippen LogP) is 3.44. The van der Waals surface area contributed by atoms with Gasteiger partial charge in [0.15, 0.2) is 5.78 Å². The zero-order valence-corrected chi connectivity index (χ0v) is 18.8. The number of aryl methyl sites for hydroxylation is 1. The van der Waals surface area contributed by atoms with Crippen LogP contribution in [-0.2, 0) is 30.9 Å². The number of carbonyl (C=O) groups excluding carboxylic acids is 3. The van der Waals surface area contributed by atoms with E-state index in [-0.39, 0.29) is 11.6 Å². The summed E-state index contributed by atoms with van der Waals surface area (Å²) < 4.78 is 10.5. The number of nitrogens with one attached hydrogen (secondary N) is 2. The molecule has 0 fully saturated rings. The van der Waals surface area contributed by atoms with E-state index in [1.54, 1.807) is 7.11 Å². The van der Waals surface area contributed by atoms with Gasteiger partial charge in [0.1, 0.15) is 12.1 Å². The summed E-state index contributed by atoms with van der Waals surface area (Å²) in [6.07, 6.45) is 3.03. The van der Waals surface area contributed by atoms with Crippen molar-refractivity contribution in [2.75, 3.05) is 38.8 Å². The van der Waals surface area contributed by atoms with Gasteiger partial charge in [0.2, 0.25) is 0 Å². The van der Waals surface area contributed by atoms with Gasteiger partial charge >= 0.3 is 0 Å². The molecule has 1 aliphatic rings. The maximum atomic E-state index is 13.0. The van der Waals surface area contributed by atoms with E-state index < -0.39 is 11.3 Å². The molecule has 1 unspecified atom stereocenters. The normalized spacial score (nSPS) is 16.8. The summed E-state index contributed by atoms with van der Waals surface area (Å²) >= 11 is 0. The van der Waals surface area contributed by atoms with Crippen molar-refractivity contribution in [2.24, 2.45) is 5.92 Å². The average molecular weight is 429 g/mol. The van der Waals surface area contributed by atoms with Gasteiger partial charge in [-0.2, -0.15) is 0 Å². The number of rotatable bonds is 10. The topological polar surface area (TPSA) is 97.5 Å². The number of aldehydes is 1. The highest BCUT2D eigenvalue weighted by Gasteiger charge is 2.32. The Morgan fingerprint density at radius 2 is 2.06 bits per heavy atom. The van der Waals surface area contributed by atoms with Crippen molar-refractivity contribution >= 4 is 34.4 Å². The van der Waals surface area contributed by atoms with E-state index in [0.29, 0.717) is 38.5 Å². The van der Waals surface area contributed by atoms with E-state index in [1.165, 1.54) is 6.92 Å². The van der Waals surface area contributed by atoms with Crippen LogP contribution in [0.25, 0.3) is 10.9 Å². The standard InChI is InChI=1S/C24H32N2O5/c1-15(28)16-6-5-7-17-18-12-21(25-8-9-31-11-10-30-4)19(24(2,3)14-27)13-20(18)26-22(17)23(16)29/h12-14,16,25-26H,5-11H2,1-4H3. The molecule has 168 valence electrons. The lowest BCUT2D eigenvalue weighted by molar-refractivity contribution is -0.119. The maximum absolute atomic E-state index is 13.0. The summed E-state index contributed by atoms with van der Waals surface area (Å²) in [4.78, 5) is 40.1. The number of fused-ring (bicyclic) bond motifs is 3. The van der Waals surface area contributed by atoms with Crippen LogP contribution in [0.2, 0.25) is 0 Å². The summed E-state index contributed by atoms with van der Waals surface area (Å²) in [7, 11) is 1.63. The van der Waals surface area contributed by atoms with E-state index in [9.17, 15) is 14.4 Å². The van der Waals surface area contributed by atoms with Crippen molar-refractivity contribution in [1.82, 2.24) is 4.98 Å². The second-order valence-electron chi connectivity index (χ2n) is 8.71. The first kappa shape index (κ1) is 23.2. The molecule has 0 amide bonds. The van der Waals surface area contributed by atoms with Gasteiger partial charge in [-0.3, -0.25) is 9.59 Å². The quantitative estimate of drug-likeness (QED) is 0.260. The van der Waals surface area contributed by atoms with Crippen LogP contribution in [0.3, 0.4) is 0 Å². The number of hydrogen-bond donors (Lipinski definition) is 2. The zero-order chi connectivity index (χ0) is 22.6. The zero-order valence-electron chi connectivity index (χ0n) is 18.8. The van der Waals surface area contributed by atoms with Crippen molar-refractivity contribution in [3.05, 3.63) is 29.0 Å². The molecule has 31 heavy (non-hydrogen) atoms. The van der Waals surface area contributed by atoms with Crippen LogP contribution in [0.4, 0.5) is 5.69 Å². The highest BCUT2D eigenvalue weighted by Crippen LogP contribution is 2.37. The van der Waals surface area contributed by atoms with Gasteiger partial charge in [-0.05, 0) is 63.3 Å². The van der Waals surface area contributed by atoms with Gasteiger partial charge in [0.05, 0.1) is 31.4 Å². The molecule has 0 aliphatic heterocycles. The Labute approximate surface area is 182 Å². The minimum absolute atomic E-state index is 0.0879. The third kappa shape index (κ3) is 4.88. The van der Waals surface area contributed by atoms with Crippen molar-refractivity contribution in [1.29, 1.82) is 0 Å². The number of aromatic nitrogens is 1. The van der Waals surface area contributed by atoms with Crippen LogP contribution >= 0.6 is 0 Å². The van der Waals surface area contributed by atoms with E-state index in [1.807, 2.05) is 26.0 Å². The Hall–Kier alpha value is -2.51. The molecule has 0 radical (unpaired) electrons. The van der Waals surface area contributed by atoms with Crippen molar-refractivity contribution in [2.45, 2.75) is 45.4 Å². The summed E-state index contributed by atoms with van der Waals surface area (Å²) in [6, 6.07) is 3.96. The van der Waals surface area contributed by atoms with E-state index in [2.05, 4.69) is 10.3 Å². The second-order valence-corrected chi connectivity index (χ2v) is 8.71. The monoisotopic (exact) mass is 428 g/mol. The summed E-state index contributed by atoms with van der Waals surface area (Å²) in [5.41, 5.74) is 3.29. The van der Waals surface area contributed by atoms with Crippen LogP contribution < -0.4 is 5.32 Å². The Kier molecular flexibility index (Phi) is 7.28. The van der Waals surface area contributed by atoms with Crippen LogP contribution in [0.5, 0.6) is 0 Å². The fourth-order valence-electron chi connectivity index (χ4n) is 4.19. The molecule has 3 rings (SSSR count). The molecule has 0 saturated heterocycles. The lowest BCUT2D eigenvalue weighted by Gasteiger charge is -2.23. The number of aromatic amines is 1. The Morgan fingerprint density at radius 1 is 1.29 bits per heavy atom. The van der Waals surface area contributed by atoms with Crippen LogP contribution in [0, 0.1) is 5.92 Å². The number of ether oxygens (including phenoxy) is 2. The second kappa shape index (κ2) is 9.75. The summed E-state index contributed by atoms with van der Waals surface area (Å²) in [5, 5.41) is 4.35. The first-order valence-electron chi connectivity index (χ1n) is 10.8. The Morgan fingerprint density at radius 3 is 2.74 bits per heavy atom. The summed E-state index contributed by atoms with van der Waals surface area (Å²) in [6.45, 7) is 7.37. The van der Waals surface area contributed by atoms with Gasteiger partial charge in [-0.1, -0.05) is 0 Å². The fraction of sp³-hybridized carbons (Fsp3) is 0.542. The third-order valence-electron chi connectivity index (χ3n) is 6.00. The molecule has 0 saturated carbocycles.